The molecule has 2 aromatic heterocycles. The second-order valence-electron chi connectivity index (χ2n) is 6.45. The third-order valence-corrected chi connectivity index (χ3v) is 4.36. The van der Waals surface area contributed by atoms with Crippen molar-refractivity contribution in [3.63, 3.8) is 0 Å². The molecule has 0 saturated carbocycles. The smallest absolute Gasteiger partial charge is 0.417 e. The largest absolute Gasteiger partial charge is 0.456 e. The van der Waals surface area contributed by atoms with Crippen molar-refractivity contribution < 1.29 is 27.1 Å². The molecule has 0 radical (unpaired) electrons. The summed E-state index contributed by atoms with van der Waals surface area (Å²) in [5.41, 5.74) is -0.101. The molecule has 3 aromatic rings. The van der Waals surface area contributed by atoms with Gasteiger partial charge in [-0.15, -0.1) is 0 Å². The van der Waals surface area contributed by atoms with Crippen LogP contribution in [0.1, 0.15) is 47.1 Å². The first-order chi connectivity index (χ1) is 13.1. The predicted octanol–water partition coefficient (Wildman–Crippen LogP) is 5.63. The number of halogens is 5. The van der Waals surface area contributed by atoms with Crippen molar-refractivity contribution in [1.29, 1.82) is 0 Å². The summed E-state index contributed by atoms with van der Waals surface area (Å²) in [5.74, 6) is -1.57. The van der Waals surface area contributed by atoms with E-state index in [9.17, 15) is 22.4 Å². The highest BCUT2D eigenvalue weighted by atomic mass is 35.5. The van der Waals surface area contributed by atoms with Crippen LogP contribution in [0.2, 0.25) is 5.02 Å². The van der Waals surface area contributed by atoms with Crippen molar-refractivity contribution in [2.24, 2.45) is 0 Å². The third-order valence-electron chi connectivity index (χ3n) is 4.08. The Labute approximate surface area is 162 Å². The quantitative estimate of drug-likeness (QED) is 0.410. The van der Waals surface area contributed by atoms with Gasteiger partial charge in [0.2, 0.25) is 0 Å². The summed E-state index contributed by atoms with van der Waals surface area (Å²) in [6.07, 6.45) is -3.74. The predicted molar refractivity (Wildman–Crippen MR) is 94.8 cm³/mol. The van der Waals surface area contributed by atoms with E-state index < -0.39 is 23.5 Å². The van der Waals surface area contributed by atoms with Crippen molar-refractivity contribution in [2.75, 3.05) is 0 Å². The maximum atomic E-state index is 13.3. The number of hydrogen-bond acceptors (Lipinski definition) is 3. The summed E-state index contributed by atoms with van der Waals surface area (Å²) in [6.45, 7) is 3.26. The number of benzene rings is 1. The Balaban J connectivity index is 2.01. The number of aromatic nitrogens is 2. The topological polar surface area (TPSA) is 43.6 Å². The minimum atomic E-state index is -4.60. The van der Waals surface area contributed by atoms with Crippen molar-refractivity contribution in [3.8, 4) is 0 Å². The minimum Gasteiger partial charge on any atom is -0.456 e. The molecule has 3 rings (SSSR count). The van der Waals surface area contributed by atoms with Gasteiger partial charge in [-0.3, -0.25) is 4.40 Å². The van der Waals surface area contributed by atoms with Crippen LogP contribution in [0.3, 0.4) is 0 Å². The van der Waals surface area contributed by atoms with Gasteiger partial charge in [0.15, 0.2) is 5.65 Å². The average Bonchev–Trinajstić information content (AvgIpc) is 2.98. The van der Waals surface area contributed by atoms with E-state index in [1.54, 1.807) is 13.8 Å². The van der Waals surface area contributed by atoms with Crippen molar-refractivity contribution in [2.45, 2.75) is 32.5 Å². The van der Waals surface area contributed by atoms with E-state index in [0.717, 1.165) is 18.3 Å². The van der Waals surface area contributed by atoms with Crippen LogP contribution in [0, 0.1) is 5.82 Å². The Hall–Kier alpha value is -2.61. The molecule has 1 aromatic carbocycles. The molecule has 4 nitrogen and oxygen atoms in total. The van der Waals surface area contributed by atoms with Gasteiger partial charge in [0.1, 0.15) is 12.4 Å². The first-order valence-electron chi connectivity index (χ1n) is 8.28. The molecule has 0 bridgehead atoms. The number of imidazole rings is 1. The number of fused-ring (bicyclic) bond motifs is 1. The van der Waals surface area contributed by atoms with Gasteiger partial charge in [0, 0.05) is 6.20 Å². The number of ether oxygens (including phenoxy) is 1. The van der Waals surface area contributed by atoms with Gasteiger partial charge in [0.05, 0.1) is 27.5 Å². The van der Waals surface area contributed by atoms with Crippen molar-refractivity contribution in [1.82, 2.24) is 9.38 Å². The Morgan fingerprint density at radius 2 is 2.00 bits per heavy atom. The van der Waals surface area contributed by atoms with Crippen molar-refractivity contribution >= 4 is 23.2 Å². The number of carbonyl (C=O) groups excluding carboxylic acids is 1. The number of nitrogens with zero attached hydrogens (tertiary/aromatic N) is 2. The molecule has 0 atom stereocenters. The first kappa shape index (κ1) is 20.1. The van der Waals surface area contributed by atoms with E-state index in [1.807, 2.05) is 0 Å². The van der Waals surface area contributed by atoms with Crippen LogP contribution in [-0.4, -0.2) is 15.4 Å². The zero-order valence-electron chi connectivity index (χ0n) is 14.8. The second kappa shape index (κ2) is 7.43. The number of esters is 1. The van der Waals surface area contributed by atoms with Crippen molar-refractivity contribution in [3.05, 3.63) is 69.9 Å². The van der Waals surface area contributed by atoms with Crippen LogP contribution in [0.25, 0.3) is 5.65 Å². The lowest BCUT2D eigenvalue weighted by Crippen LogP contribution is -2.10. The molecular weight excluding hydrogens is 400 g/mol. The zero-order chi connectivity index (χ0) is 20.6. The molecule has 9 heteroatoms. The summed E-state index contributed by atoms with van der Waals surface area (Å²) >= 11 is 6.00. The number of pyridine rings is 1. The number of alkyl halides is 3. The minimum absolute atomic E-state index is 0.00562. The fourth-order valence-electron chi connectivity index (χ4n) is 2.76. The molecule has 148 valence electrons. The van der Waals surface area contributed by atoms with Crippen LogP contribution in [0.15, 0.2) is 36.5 Å². The normalized spacial score (nSPS) is 12.0. The molecular formula is C19H15ClF4N2O2. The lowest BCUT2D eigenvalue weighted by atomic mass is 10.1. The van der Waals surface area contributed by atoms with E-state index in [2.05, 4.69) is 4.98 Å². The Morgan fingerprint density at radius 1 is 1.29 bits per heavy atom. The maximum Gasteiger partial charge on any atom is 0.417 e. The monoisotopic (exact) mass is 414 g/mol. The average molecular weight is 415 g/mol. The molecule has 0 N–H and O–H groups in total. The Morgan fingerprint density at radius 3 is 2.61 bits per heavy atom. The van der Waals surface area contributed by atoms with E-state index in [1.165, 1.54) is 22.6 Å². The molecule has 0 aliphatic carbocycles. The van der Waals surface area contributed by atoms with Gasteiger partial charge in [-0.2, -0.15) is 13.2 Å². The van der Waals surface area contributed by atoms with E-state index in [0.29, 0.717) is 5.69 Å². The van der Waals surface area contributed by atoms with Gasteiger partial charge >= 0.3 is 12.1 Å². The summed E-state index contributed by atoms with van der Waals surface area (Å²) in [5, 5.41) is -0.167. The third kappa shape index (κ3) is 3.96. The Bertz CT molecular complexity index is 1040. The van der Waals surface area contributed by atoms with Gasteiger partial charge in [-0.1, -0.05) is 31.5 Å². The second-order valence-corrected chi connectivity index (χ2v) is 6.86. The molecule has 0 unspecified atom stereocenters. The van der Waals surface area contributed by atoms with Gasteiger partial charge in [-0.25, -0.2) is 14.2 Å². The molecule has 0 amide bonds. The summed E-state index contributed by atoms with van der Waals surface area (Å²) in [7, 11) is 0. The van der Waals surface area contributed by atoms with E-state index in [-0.39, 0.29) is 34.5 Å². The van der Waals surface area contributed by atoms with Gasteiger partial charge in [-0.05, 0) is 30.2 Å². The number of rotatable bonds is 4. The molecule has 0 fully saturated rings. The van der Waals surface area contributed by atoms with Gasteiger partial charge in [0.25, 0.3) is 0 Å². The van der Waals surface area contributed by atoms with E-state index >= 15 is 0 Å². The van der Waals surface area contributed by atoms with E-state index in [4.69, 9.17) is 16.3 Å². The number of carbonyl (C=O) groups is 1. The van der Waals surface area contributed by atoms with Gasteiger partial charge < -0.3 is 4.74 Å². The molecule has 0 aliphatic rings. The lowest BCUT2D eigenvalue weighted by Gasteiger charge is -2.11. The number of hydrogen-bond donors (Lipinski definition) is 0. The van der Waals surface area contributed by atoms with Crippen LogP contribution in [0.4, 0.5) is 17.6 Å². The summed E-state index contributed by atoms with van der Waals surface area (Å²) < 4.78 is 59.1. The highest BCUT2D eigenvalue weighted by Gasteiger charge is 2.32. The molecule has 2 heterocycles. The Kier molecular flexibility index (Phi) is 5.34. The fourth-order valence-corrected chi connectivity index (χ4v) is 3.01. The first-order valence-corrected chi connectivity index (χ1v) is 8.66. The van der Waals surface area contributed by atoms with Crippen LogP contribution < -0.4 is 0 Å². The highest BCUT2D eigenvalue weighted by Crippen LogP contribution is 2.34. The zero-order valence-corrected chi connectivity index (χ0v) is 15.6. The highest BCUT2D eigenvalue weighted by molar-refractivity contribution is 6.33. The molecule has 0 spiro atoms. The standard InChI is InChI=1S/C19H15ClF4N2O2/c1-10(2)16-15(9-28-18(27)11-4-3-5-13(21)6-11)26-8-12(19(22,23)24)7-14(20)17(26)25-16/h3-8,10H,9H2,1-2H3. The molecule has 0 saturated heterocycles. The van der Waals surface area contributed by atoms with Crippen LogP contribution in [0.5, 0.6) is 0 Å². The maximum absolute atomic E-state index is 13.3. The molecule has 28 heavy (non-hydrogen) atoms. The van der Waals surface area contributed by atoms with Crippen LogP contribution in [-0.2, 0) is 17.5 Å². The lowest BCUT2D eigenvalue weighted by molar-refractivity contribution is -0.137. The fraction of sp³-hybridized carbons (Fsp3) is 0.263. The van der Waals surface area contributed by atoms with Crippen LogP contribution >= 0.6 is 11.6 Å². The SMILES string of the molecule is CC(C)c1nc2c(Cl)cc(C(F)(F)F)cn2c1COC(=O)c1cccc(F)c1. The molecule has 0 aliphatic heterocycles. The summed E-state index contributed by atoms with van der Waals surface area (Å²) in [6, 6.07) is 5.73. The summed E-state index contributed by atoms with van der Waals surface area (Å²) in [4.78, 5) is 16.5.